The van der Waals surface area contributed by atoms with E-state index < -0.39 is 5.97 Å². The number of carbonyl (C=O) groups is 2. The van der Waals surface area contributed by atoms with Crippen LogP contribution in [-0.4, -0.2) is 55.8 Å². The lowest BCUT2D eigenvalue weighted by Crippen LogP contribution is -3.00. The van der Waals surface area contributed by atoms with Gasteiger partial charge >= 0.3 is 11.9 Å². The first-order chi connectivity index (χ1) is 13.3. The van der Waals surface area contributed by atoms with Crippen molar-refractivity contribution in [2.75, 3.05) is 34.3 Å². The Bertz CT molecular complexity index is 397. The third-order valence-electron chi connectivity index (χ3n) is 5.05. The number of hydrogen-bond acceptors (Lipinski definition) is 3. The number of carboxylic acids is 1. The largest absolute Gasteiger partial charge is 1.00 e. The Morgan fingerprint density at radius 3 is 1.34 bits per heavy atom. The van der Waals surface area contributed by atoms with Crippen molar-refractivity contribution in [3.63, 3.8) is 0 Å². The van der Waals surface area contributed by atoms with Crippen LogP contribution in [0, 0.1) is 0 Å². The molecule has 0 aliphatic heterocycles. The number of quaternary nitrogens is 1. The van der Waals surface area contributed by atoms with Crippen LogP contribution in [0.2, 0.25) is 0 Å². The first-order valence-electron chi connectivity index (χ1n) is 11.5. The van der Waals surface area contributed by atoms with E-state index in [4.69, 9.17) is 9.84 Å². The average molecular weight is 436 g/mol. The van der Waals surface area contributed by atoms with E-state index in [1.807, 2.05) is 0 Å². The lowest BCUT2D eigenvalue weighted by Gasteiger charge is -2.23. The zero-order valence-corrected chi connectivity index (χ0v) is 20.0. The van der Waals surface area contributed by atoms with Crippen molar-refractivity contribution >= 4 is 11.9 Å². The van der Waals surface area contributed by atoms with Crippen molar-refractivity contribution in [2.45, 2.75) is 103 Å². The van der Waals surface area contributed by atoms with Crippen LogP contribution in [0.25, 0.3) is 0 Å². The van der Waals surface area contributed by atoms with Crippen LogP contribution in [0.5, 0.6) is 0 Å². The van der Waals surface area contributed by atoms with Crippen molar-refractivity contribution in [3.05, 3.63) is 0 Å². The highest BCUT2D eigenvalue weighted by Gasteiger charge is 2.09. The molecule has 174 valence electrons. The highest BCUT2D eigenvalue weighted by Crippen LogP contribution is 2.13. The molecular weight excluding hydrogens is 390 g/mol. The summed E-state index contributed by atoms with van der Waals surface area (Å²) in [5.74, 6) is -0.719. The molecular formula is C23H46ClNO4. The molecule has 0 bridgehead atoms. The first kappa shape index (κ1) is 30.4. The monoisotopic (exact) mass is 435 g/mol. The number of ether oxygens (including phenoxy) is 1. The van der Waals surface area contributed by atoms with Crippen molar-refractivity contribution in [1.82, 2.24) is 0 Å². The summed E-state index contributed by atoms with van der Waals surface area (Å²) in [6.45, 7) is 1.38. The van der Waals surface area contributed by atoms with Gasteiger partial charge in [-0.1, -0.05) is 77.0 Å². The number of carboxylic acid groups (broad SMARTS) is 1. The number of nitrogens with zero attached hydrogens (tertiary/aromatic N) is 1. The van der Waals surface area contributed by atoms with Gasteiger partial charge in [0.2, 0.25) is 0 Å². The van der Waals surface area contributed by atoms with Crippen molar-refractivity contribution in [3.8, 4) is 0 Å². The molecule has 0 aromatic rings. The second-order valence-corrected chi connectivity index (χ2v) is 9.08. The molecule has 1 N–H and O–H groups in total. The van der Waals surface area contributed by atoms with Crippen LogP contribution < -0.4 is 12.4 Å². The summed E-state index contributed by atoms with van der Waals surface area (Å²) in [7, 11) is 6.30. The molecule has 0 spiro atoms. The van der Waals surface area contributed by atoms with Crippen LogP contribution in [0.4, 0.5) is 0 Å². The summed E-state index contributed by atoms with van der Waals surface area (Å²) in [5.41, 5.74) is 0. The molecule has 0 rings (SSSR count). The fourth-order valence-corrected chi connectivity index (χ4v) is 3.17. The second kappa shape index (κ2) is 20.5. The maximum atomic E-state index is 11.6. The Morgan fingerprint density at radius 2 is 1.00 bits per heavy atom. The molecule has 6 heteroatoms. The van der Waals surface area contributed by atoms with Crippen LogP contribution in [0.15, 0.2) is 0 Å². The number of likely N-dealkylation sites (N-methyl/N-ethyl adjacent to an activating group) is 1. The summed E-state index contributed by atoms with van der Waals surface area (Å²) in [6.07, 6.45) is 17.7. The molecule has 0 unspecified atom stereocenters. The Morgan fingerprint density at radius 1 is 0.655 bits per heavy atom. The quantitative estimate of drug-likeness (QED) is 0.181. The van der Waals surface area contributed by atoms with E-state index in [9.17, 15) is 9.59 Å². The Hall–Kier alpha value is -0.810. The van der Waals surface area contributed by atoms with Crippen LogP contribution in [0.1, 0.15) is 103 Å². The fourth-order valence-electron chi connectivity index (χ4n) is 3.17. The predicted molar refractivity (Wildman–Crippen MR) is 115 cm³/mol. The molecule has 0 amide bonds. The number of esters is 1. The summed E-state index contributed by atoms with van der Waals surface area (Å²) in [6, 6.07) is 0. The smallest absolute Gasteiger partial charge is 0.305 e. The first-order valence-corrected chi connectivity index (χ1v) is 11.5. The molecule has 5 nitrogen and oxygen atoms in total. The number of hydrogen-bond donors (Lipinski definition) is 1. The summed E-state index contributed by atoms with van der Waals surface area (Å²) in [5, 5.41) is 8.57. The predicted octanol–water partition coefficient (Wildman–Crippen LogP) is 2.57. The van der Waals surface area contributed by atoms with Gasteiger partial charge in [-0.15, -0.1) is 0 Å². The zero-order valence-electron chi connectivity index (χ0n) is 19.2. The molecule has 0 aromatic carbocycles. The minimum atomic E-state index is -0.673. The van der Waals surface area contributed by atoms with Crippen molar-refractivity contribution < 1.29 is 36.3 Å². The third-order valence-corrected chi connectivity index (χ3v) is 5.05. The number of rotatable bonds is 20. The van der Waals surface area contributed by atoms with Crippen LogP contribution in [0.3, 0.4) is 0 Å². The van der Waals surface area contributed by atoms with Crippen LogP contribution >= 0.6 is 0 Å². The highest BCUT2D eigenvalue weighted by molar-refractivity contribution is 5.69. The van der Waals surface area contributed by atoms with E-state index in [0.717, 1.165) is 36.7 Å². The minimum Gasteiger partial charge on any atom is -1.00 e. The van der Waals surface area contributed by atoms with E-state index in [1.54, 1.807) is 0 Å². The highest BCUT2D eigenvalue weighted by atomic mass is 35.5. The fraction of sp³-hybridized carbons (Fsp3) is 0.913. The van der Waals surface area contributed by atoms with Gasteiger partial charge in [0.25, 0.3) is 0 Å². The normalized spacial score (nSPS) is 11.1. The summed E-state index contributed by atoms with van der Waals surface area (Å²) in [4.78, 5) is 22.0. The van der Waals surface area contributed by atoms with Gasteiger partial charge in [0.15, 0.2) is 0 Å². The molecule has 0 aliphatic carbocycles. The maximum Gasteiger partial charge on any atom is 0.305 e. The van der Waals surface area contributed by atoms with Gasteiger partial charge in [0, 0.05) is 12.8 Å². The van der Waals surface area contributed by atoms with E-state index in [0.29, 0.717) is 19.4 Å². The van der Waals surface area contributed by atoms with E-state index in [-0.39, 0.29) is 18.4 Å². The summed E-state index contributed by atoms with van der Waals surface area (Å²) >= 11 is 0. The number of aliphatic carboxylic acids is 1. The molecule has 0 saturated carbocycles. The standard InChI is InChI=1S/C23H45NO4.ClH/c1-24(2,3)20-21-28-23(27)19-17-15-13-11-9-7-5-4-6-8-10-12-14-16-18-22(25)26;/h4-21H2,1-3H3;1H. The topological polar surface area (TPSA) is 63.6 Å². The minimum absolute atomic E-state index is 0. The second-order valence-electron chi connectivity index (χ2n) is 9.08. The van der Waals surface area contributed by atoms with E-state index in [1.165, 1.54) is 64.2 Å². The molecule has 0 atom stereocenters. The van der Waals surface area contributed by atoms with Gasteiger partial charge in [-0.2, -0.15) is 0 Å². The van der Waals surface area contributed by atoms with Gasteiger partial charge in [0.1, 0.15) is 13.2 Å². The molecule has 0 aromatic heterocycles. The maximum absolute atomic E-state index is 11.6. The lowest BCUT2D eigenvalue weighted by atomic mass is 10.0. The Labute approximate surface area is 185 Å². The lowest BCUT2D eigenvalue weighted by molar-refractivity contribution is -0.870. The van der Waals surface area contributed by atoms with Crippen molar-refractivity contribution in [2.24, 2.45) is 0 Å². The Kier molecular flexibility index (Phi) is 21.4. The molecule has 0 aliphatic rings. The molecule has 0 saturated heterocycles. The molecule has 29 heavy (non-hydrogen) atoms. The van der Waals surface area contributed by atoms with Gasteiger partial charge in [-0.25, -0.2) is 0 Å². The van der Waals surface area contributed by atoms with E-state index >= 15 is 0 Å². The number of halogens is 1. The molecule has 0 radical (unpaired) electrons. The average Bonchev–Trinajstić information content (AvgIpc) is 2.60. The molecule has 0 heterocycles. The van der Waals surface area contributed by atoms with Gasteiger partial charge in [-0.05, 0) is 12.8 Å². The summed E-state index contributed by atoms with van der Waals surface area (Å²) < 4.78 is 6.09. The number of unbranched alkanes of at least 4 members (excludes halogenated alkanes) is 13. The van der Waals surface area contributed by atoms with Gasteiger partial charge in [0.05, 0.1) is 21.1 Å². The molecule has 0 fully saturated rings. The zero-order chi connectivity index (χ0) is 21.1. The van der Waals surface area contributed by atoms with Gasteiger partial charge in [-0.3, -0.25) is 9.59 Å². The SMILES string of the molecule is C[N+](C)(C)CCOC(=O)CCCCCCCCCCCCCCCCC(=O)O.[Cl-]. The van der Waals surface area contributed by atoms with Gasteiger partial charge < -0.3 is 26.7 Å². The third kappa shape index (κ3) is 27.2. The number of carbonyl (C=O) groups excluding carboxylic acids is 1. The van der Waals surface area contributed by atoms with Crippen molar-refractivity contribution in [1.29, 1.82) is 0 Å². The van der Waals surface area contributed by atoms with E-state index in [2.05, 4.69) is 21.1 Å². The Balaban J connectivity index is 0. The van der Waals surface area contributed by atoms with Crippen LogP contribution in [-0.2, 0) is 14.3 Å².